The highest BCUT2D eigenvalue weighted by Crippen LogP contribution is 2.19. The first-order valence-electron chi connectivity index (χ1n) is 11.7. The van der Waals surface area contributed by atoms with Gasteiger partial charge < -0.3 is 24.1 Å². The number of benzene rings is 1. The van der Waals surface area contributed by atoms with Gasteiger partial charge >= 0.3 is 6.09 Å². The minimum atomic E-state index is -0.902. The number of hydrogen-bond acceptors (Lipinski definition) is 7. The zero-order valence-electron chi connectivity index (χ0n) is 21.3. The third-order valence-corrected chi connectivity index (χ3v) is 5.80. The number of rotatable bonds is 10. The van der Waals surface area contributed by atoms with Gasteiger partial charge in [-0.15, -0.1) is 11.3 Å². The molecule has 0 saturated heterocycles. The highest BCUT2D eigenvalue weighted by Gasteiger charge is 2.29. The van der Waals surface area contributed by atoms with Crippen LogP contribution in [0, 0.1) is 12.8 Å². The number of furan rings is 1. The molecule has 1 N–H and O–H groups in total. The summed E-state index contributed by atoms with van der Waals surface area (Å²) in [4.78, 5) is 32.4. The molecule has 3 rings (SSSR count). The smallest absolute Gasteiger partial charge is 0.408 e. The van der Waals surface area contributed by atoms with Crippen molar-refractivity contribution >= 4 is 34.3 Å². The quantitative estimate of drug-likeness (QED) is 0.406. The number of carbonyl (C=O) groups excluding carboxylic acids is 2. The van der Waals surface area contributed by atoms with Crippen LogP contribution in [0.1, 0.15) is 50.9 Å². The Morgan fingerprint density at radius 3 is 2.66 bits per heavy atom. The van der Waals surface area contributed by atoms with Crippen molar-refractivity contribution in [2.75, 3.05) is 13.2 Å². The normalized spacial score (nSPS) is 12.7. The number of alkyl carbamates (subject to hydrolysis) is 1. The van der Waals surface area contributed by atoms with Crippen LogP contribution in [0.3, 0.4) is 0 Å². The van der Waals surface area contributed by atoms with Crippen molar-refractivity contribution in [3.05, 3.63) is 52.2 Å². The first-order valence-corrected chi connectivity index (χ1v) is 12.6. The van der Waals surface area contributed by atoms with E-state index in [0.717, 1.165) is 27.2 Å². The van der Waals surface area contributed by atoms with Crippen molar-refractivity contribution in [1.29, 1.82) is 0 Å². The number of fused-ring (bicyclic) bond motifs is 1. The number of nitrogens with zero attached hydrogens (tertiary/aromatic N) is 2. The first-order chi connectivity index (χ1) is 16.5. The summed E-state index contributed by atoms with van der Waals surface area (Å²) in [6.07, 6.45) is 0.987. The molecule has 2 aromatic heterocycles. The molecule has 0 unspecified atom stereocenters. The maximum absolute atomic E-state index is 13.7. The van der Waals surface area contributed by atoms with Crippen molar-refractivity contribution in [3.8, 4) is 0 Å². The summed E-state index contributed by atoms with van der Waals surface area (Å²) in [5.74, 6) is 0.00370. The SMILES string of the molecule is Cc1nc(COC[C@H](NC(=O)OC(C)(C)C)C(=O)N(Cc2ccc3occc3c2)CC(C)C)cs1. The molecule has 2 heterocycles. The number of nitrogens with one attached hydrogen (secondary N) is 1. The molecule has 0 spiro atoms. The van der Waals surface area contributed by atoms with Crippen LogP contribution in [-0.2, 0) is 27.4 Å². The van der Waals surface area contributed by atoms with E-state index in [1.807, 2.05) is 36.6 Å². The fourth-order valence-electron chi connectivity index (χ4n) is 3.61. The van der Waals surface area contributed by atoms with Crippen LogP contribution in [0.25, 0.3) is 11.0 Å². The predicted molar refractivity (Wildman–Crippen MR) is 136 cm³/mol. The van der Waals surface area contributed by atoms with Crippen LogP contribution >= 0.6 is 11.3 Å². The molecule has 0 aliphatic rings. The van der Waals surface area contributed by atoms with Gasteiger partial charge in [0.05, 0.1) is 30.2 Å². The van der Waals surface area contributed by atoms with E-state index in [1.165, 1.54) is 11.3 Å². The lowest BCUT2D eigenvalue weighted by Gasteiger charge is -2.30. The van der Waals surface area contributed by atoms with E-state index in [-0.39, 0.29) is 25.0 Å². The molecular weight excluding hydrogens is 466 g/mol. The van der Waals surface area contributed by atoms with E-state index in [0.29, 0.717) is 13.1 Å². The van der Waals surface area contributed by atoms with Gasteiger partial charge in [-0.1, -0.05) is 19.9 Å². The van der Waals surface area contributed by atoms with Crippen molar-refractivity contribution in [1.82, 2.24) is 15.2 Å². The predicted octanol–water partition coefficient (Wildman–Crippen LogP) is 5.29. The van der Waals surface area contributed by atoms with E-state index in [1.54, 1.807) is 31.9 Å². The first kappa shape index (κ1) is 26.7. The lowest BCUT2D eigenvalue weighted by atomic mass is 10.1. The van der Waals surface area contributed by atoms with Gasteiger partial charge in [0, 0.05) is 23.9 Å². The molecule has 0 aliphatic carbocycles. The van der Waals surface area contributed by atoms with Crippen LogP contribution in [0.15, 0.2) is 40.3 Å². The number of amides is 2. The summed E-state index contributed by atoms with van der Waals surface area (Å²) in [7, 11) is 0. The number of ether oxygens (including phenoxy) is 2. The minimum absolute atomic E-state index is 0.00398. The maximum Gasteiger partial charge on any atom is 0.408 e. The number of thiazole rings is 1. The molecule has 1 aromatic carbocycles. The Hall–Kier alpha value is -2.91. The van der Waals surface area contributed by atoms with E-state index < -0.39 is 17.7 Å². The standard InChI is InChI=1S/C26H35N3O5S/c1-17(2)12-29(13-19-7-8-23-20(11-19)9-10-33-23)24(30)22(28-25(31)34-26(4,5)6)15-32-14-21-16-35-18(3)27-21/h7-11,16-17,22H,12-15H2,1-6H3,(H,28,31)/t22-/m0/s1. The average molecular weight is 502 g/mol. The minimum Gasteiger partial charge on any atom is -0.464 e. The monoisotopic (exact) mass is 501 g/mol. The topological polar surface area (TPSA) is 93.9 Å². The van der Waals surface area contributed by atoms with E-state index >= 15 is 0 Å². The van der Waals surface area contributed by atoms with Crippen LogP contribution in [0.2, 0.25) is 0 Å². The second-order valence-electron chi connectivity index (χ2n) is 9.98. The molecule has 2 amide bonds. The van der Waals surface area contributed by atoms with Crippen molar-refractivity contribution < 1.29 is 23.5 Å². The summed E-state index contributed by atoms with van der Waals surface area (Å²) in [6, 6.07) is 6.86. The molecule has 8 nitrogen and oxygen atoms in total. The van der Waals surface area contributed by atoms with Gasteiger partial charge in [0.2, 0.25) is 5.91 Å². The van der Waals surface area contributed by atoms with E-state index in [2.05, 4.69) is 24.1 Å². The molecular formula is C26H35N3O5S. The average Bonchev–Trinajstić information content (AvgIpc) is 3.38. The third kappa shape index (κ3) is 8.36. The Bertz CT molecular complexity index is 1130. The Balaban J connectivity index is 1.76. The molecule has 35 heavy (non-hydrogen) atoms. The largest absolute Gasteiger partial charge is 0.464 e. The number of aromatic nitrogens is 1. The molecule has 0 aliphatic heterocycles. The van der Waals surface area contributed by atoms with Gasteiger partial charge in [0.15, 0.2) is 0 Å². The van der Waals surface area contributed by atoms with E-state index in [9.17, 15) is 9.59 Å². The number of hydrogen-bond donors (Lipinski definition) is 1. The summed E-state index contributed by atoms with van der Waals surface area (Å²) in [6.45, 7) is 12.6. The summed E-state index contributed by atoms with van der Waals surface area (Å²) >= 11 is 1.54. The third-order valence-electron chi connectivity index (χ3n) is 4.98. The second kappa shape index (κ2) is 11.7. The summed E-state index contributed by atoms with van der Waals surface area (Å²) in [5, 5.41) is 6.56. The molecule has 190 valence electrons. The maximum atomic E-state index is 13.7. The van der Waals surface area contributed by atoms with Crippen molar-refractivity contribution in [3.63, 3.8) is 0 Å². The van der Waals surface area contributed by atoms with E-state index in [4.69, 9.17) is 13.9 Å². The Morgan fingerprint density at radius 2 is 2.00 bits per heavy atom. The van der Waals surface area contributed by atoms with Gasteiger partial charge in [-0.25, -0.2) is 9.78 Å². The molecule has 0 radical (unpaired) electrons. The summed E-state index contributed by atoms with van der Waals surface area (Å²) in [5.41, 5.74) is 1.88. The lowest BCUT2D eigenvalue weighted by molar-refractivity contribution is -0.136. The van der Waals surface area contributed by atoms with Crippen LogP contribution in [-0.4, -0.2) is 46.7 Å². The van der Waals surface area contributed by atoms with Gasteiger partial charge in [-0.2, -0.15) is 0 Å². The lowest BCUT2D eigenvalue weighted by Crippen LogP contribution is -2.52. The Kier molecular flexibility index (Phi) is 8.91. The molecule has 1 atom stereocenters. The fourth-order valence-corrected chi connectivity index (χ4v) is 4.21. The van der Waals surface area contributed by atoms with Gasteiger partial charge in [-0.05, 0) is 57.4 Å². The summed E-state index contributed by atoms with van der Waals surface area (Å²) < 4.78 is 16.7. The van der Waals surface area contributed by atoms with Gasteiger partial charge in [0.1, 0.15) is 17.2 Å². The molecule has 0 fully saturated rings. The molecule has 9 heteroatoms. The van der Waals surface area contributed by atoms with Gasteiger partial charge in [0.25, 0.3) is 0 Å². The highest BCUT2D eigenvalue weighted by atomic mass is 32.1. The highest BCUT2D eigenvalue weighted by molar-refractivity contribution is 7.09. The second-order valence-corrected chi connectivity index (χ2v) is 11.0. The number of aryl methyl sites for hydroxylation is 1. The molecule has 0 saturated carbocycles. The molecule has 3 aromatic rings. The Morgan fingerprint density at radius 1 is 1.23 bits per heavy atom. The van der Waals surface area contributed by atoms with Crippen LogP contribution < -0.4 is 5.32 Å². The van der Waals surface area contributed by atoms with Crippen molar-refractivity contribution in [2.24, 2.45) is 5.92 Å². The van der Waals surface area contributed by atoms with Crippen LogP contribution in [0.4, 0.5) is 4.79 Å². The number of carbonyl (C=O) groups is 2. The fraction of sp³-hybridized carbons (Fsp3) is 0.500. The zero-order valence-corrected chi connectivity index (χ0v) is 22.1. The van der Waals surface area contributed by atoms with Crippen molar-refractivity contribution in [2.45, 2.75) is 66.3 Å². The van der Waals surface area contributed by atoms with Gasteiger partial charge in [-0.3, -0.25) is 4.79 Å². The molecule has 0 bridgehead atoms. The van der Waals surface area contributed by atoms with Crippen LogP contribution in [0.5, 0.6) is 0 Å². The zero-order chi connectivity index (χ0) is 25.6. The Labute approximate surface area is 210 Å².